The lowest BCUT2D eigenvalue weighted by Gasteiger charge is -2.20. The SMILES string of the molecule is O=C(Nc1cc(-c2cccc(F)c2F)[nH]n1)C1CCCc2[nH]ncc21. The second kappa shape index (κ2) is 6.12. The third-order valence-electron chi connectivity index (χ3n) is 4.43. The summed E-state index contributed by atoms with van der Waals surface area (Å²) < 4.78 is 27.2. The number of nitrogens with zero attached hydrogens (tertiary/aromatic N) is 2. The largest absolute Gasteiger partial charge is 0.309 e. The van der Waals surface area contributed by atoms with Gasteiger partial charge in [0.25, 0.3) is 0 Å². The van der Waals surface area contributed by atoms with Crippen molar-refractivity contribution in [3.8, 4) is 11.3 Å². The standard InChI is InChI=1S/C17H15F2N5O/c18-12-5-1-4-10(16(12)19)14-7-15(24-23-14)21-17(25)9-3-2-6-13-11(9)8-20-22-13/h1,4-5,7-9H,2-3,6H2,(H,20,22)(H2,21,23,24,25). The molecule has 4 rings (SSSR count). The molecule has 1 aromatic carbocycles. The van der Waals surface area contributed by atoms with Crippen molar-refractivity contribution in [2.75, 3.05) is 5.32 Å². The summed E-state index contributed by atoms with van der Waals surface area (Å²) in [5.74, 6) is -2.13. The number of rotatable bonds is 3. The maximum absolute atomic E-state index is 13.9. The van der Waals surface area contributed by atoms with E-state index in [1.165, 1.54) is 18.2 Å². The molecule has 2 aromatic heterocycles. The number of fused-ring (bicyclic) bond motifs is 1. The van der Waals surface area contributed by atoms with Crippen molar-refractivity contribution in [2.24, 2.45) is 0 Å². The molecule has 1 atom stereocenters. The van der Waals surface area contributed by atoms with Gasteiger partial charge in [-0.2, -0.15) is 10.2 Å². The van der Waals surface area contributed by atoms with Crippen molar-refractivity contribution < 1.29 is 13.6 Å². The summed E-state index contributed by atoms with van der Waals surface area (Å²) in [5.41, 5.74) is 2.23. The van der Waals surface area contributed by atoms with E-state index in [0.29, 0.717) is 5.69 Å². The highest BCUT2D eigenvalue weighted by Crippen LogP contribution is 2.31. The number of aryl methyl sites for hydroxylation is 1. The summed E-state index contributed by atoms with van der Waals surface area (Å²) >= 11 is 0. The van der Waals surface area contributed by atoms with Crippen LogP contribution >= 0.6 is 0 Å². The normalized spacial score (nSPS) is 16.5. The number of aromatic amines is 2. The minimum atomic E-state index is -0.959. The average Bonchev–Trinajstić information content (AvgIpc) is 3.26. The fourth-order valence-electron chi connectivity index (χ4n) is 3.18. The van der Waals surface area contributed by atoms with Gasteiger partial charge >= 0.3 is 0 Å². The Bertz CT molecular complexity index is 933. The Morgan fingerprint density at radius 1 is 1.28 bits per heavy atom. The van der Waals surface area contributed by atoms with Gasteiger partial charge in [0.15, 0.2) is 17.5 Å². The maximum Gasteiger partial charge on any atom is 0.233 e. The minimum absolute atomic E-state index is 0.0581. The number of H-pyrrole nitrogens is 2. The monoisotopic (exact) mass is 343 g/mol. The van der Waals surface area contributed by atoms with Crippen LogP contribution in [0.15, 0.2) is 30.5 Å². The molecule has 0 bridgehead atoms. The number of carbonyl (C=O) groups is 1. The van der Waals surface area contributed by atoms with Crippen molar-refractivity contribution in [2.45, 2.75) is 25.2 Å². The predicted molar refractivity (Wildman–Crippen MR) is 86.8 cm³/mol. The van der Waals surface area contributed by atoms with E-state index in [-0.39, 0.29) is 23.2 Å². The predicted octanol–water partition coefficient (Wildman–Crippen LogP) is 3.14. The van der Waals surface area contributed by atoms with Crippen molar-refractivity contribution in [3.05, 3.63) is 53.4 Å². The second-order valence-electron chi connectivity index (χ2n) is 6.01. The van der Waals surface area contributed by atoms with Crippen molar-refractivity contribution in [3.63, 3.8) is 0 Å². The maximum atomic E-state index is 13.9. The Balaban J connectivity index is 1.54. The van der Waals surface area contributed by atoms with Crippen LogP contribution in [-0.2, 0) is 11.2 Å². The third-order valence-corrected chi connectivity index (χ3v) is 4.43. The van der Waals surface area contributed by atoms with Gasteiger partial charge in [0, 0.05) is 22.9 Å². The number of benzene rings is 1. The van der Waals surface area contributed by atoms with E-state index in [2.05, 4.69) is 25.7 Å². The number of anilines is 1. The van der Waals surface area contributed by atoms with Gasteiger partial charge in [-0.05, 0) is 31.4 Å². The molecule has 2 heterocycles. The lowest BCUT2D eigenvalue weighted by Crippen LogP contribution is -2.24. The van der Waals surface area contributed by atoms with E-state index in [1.807, 2.05) is 0 Å². The van der Waals surface area contributed by atoms with Crippen LogP contribution in [0.25, 0.3) is 11.3 Å². The van der Waals surface area contributed by atoms with Crippen molar-refractivity contribution >= 4 is 11.7 Å². The average molecular weight is 343 g/mol. The molecule has 1 unspecified atom stereocenters. The summed E-state index contributed by atoms with van der Waals surface area (Å²) in [7, 11) is 0. The summed E-state index contributed by atoms with van der Waals surface area (Å²) in [6, 6.07) is 5.38. The number of carbonyl (C=O) groups excluding carboxylic acids is 1. The second-order valence-corrected chi connectivity index (χ2v) is 6.01. The van der Waals surface area contributed by atoms with Gasteiger partial charge in [0.2, 0.25) is 5.91 Å². The summed E-state index contributed by atoms with van der Waals surface area (Å²) in [5, 5.41) is 16.2. The Kier molecular flexibility index (Phi) is 3.79. The fraction of sp³-hybridized carbons (Fsp3) is 0.235. The van der Waals surface area contributed by atoms with Crippen LogP contribution in [0, 0.1) is 11.6 Å². The molecule has 0 radical (unpaired) electrons. The fourth-order valence-corrected chi connectivity index (χ4v) is 3.18. The van der Waals surface area contributed by atoms with Gasteiger partial charge in [-0.1, -0.05) is 6.07 Å². The first-order valence-electron chi connectivity index (χ1n) is 7.96. The summed E-state index contributed by atoms with van der Waals surface area (Å²) in [6.45, 7) is 0. The molecule has 0 spiro atoms. The Hall–Kier alpha value is -3.03. The molecule has 1 amide bonds. The molecule has 0 saturated carbocycles. The molecule has 25 heavy (non-hydrogen) atoms. The zero-order valence-corrected chi connectivity index (χ0v) is 13.1. The molecule has 6 nitrogen and oxygen atoms in total. The Morgan fingerprint density at radius 3 is 3.04 bits per heavy atom. The zero-order valence-electron chi connectivity index (χ0n) is 13.1. The number of amides is 1. The quantitative estimate of drug-likeness (QED) is 0.683. The van der Waals surface area contributed by atoms with Gasteiger partial charge in [0.05, 0.1) is 17.8 Å². The molecule has 0 aliphatic heterocycles. The molecule has 1 aliphatic carbocycles. The first kappa shape index (κ1) is 15.5. The van der Waals surface area contributed by atoms with Gasteiger partial charge in [-0.25, -0.2) is 8.78 Å². The van der Waals surface area contributed by atoms with Gasteiger partial charge in [-0.3, -0.25) is 15.0 Å². The van der Waals surface area contributed by atoms with Crippen LogP contribution in [0.4, 0.5) is 14.6 Å². The highest BCUT2D eigenvalue weighted by Gasteiger charge is 2.28. The van der Waals surface area contributed by atoms with E-state index >= 15 is 0 Å². The van der Waals surface area contributed by atoms with Crippen LogP contribution in [0.1, 0.15) is 30.0 Å². The molecular formula is C17H15F2N5O. The first-order chi connectivity index (χ1) is 12.1. The van der Waals surface area contributed by atoms with Crippen LogP contribution in [-0.4, -0.2) is 26.3 Å². The van der Waals surface area contributed by atoms with E-state index < -0.39 is 11.6 Å². The van der Waals surface area contributed by atoms with Crippen LogP contribution < -0.4 is 5.32 Å². The van der Waals surface area contributed by atoms with Gasteiger partial charge in [-0.15, -0.1) is 0 Å². The molecule has 0 saturated heterocycles. The van der Waals surface area contributed by atoms with Crippen molar-refractivity contribution in [1.29, 1.82) is 0 Å². The topological polar surface area (TPSA) is 86.5 Å². The number of nitrogens with one attached hydrogen (secondary N) is 3. The lowest BCUT2D eigenvalue weighted by atomic mass is 9.86. The van der Waals surface area contributed by atoms with E-state index in [4.69, 9.17) is 0 Å². The molecule has 3 N–H and O–H groups in total. The number of hydrogen-bond acceptors (Lipinski definition) is 3. The molecule has 3 aromatic rings. The van der Waals surface area contributed by atoms with Gasteiger partial charge in [0.1, 0.15) is 0 Å². The first-order valence-corrected chi connectivity index (χ1v) is 7.96. The highest BCUT2D eigenvalue weighted by atomic mass is 19.2. The van der Waals surface area contributed by atoms with Crippen LogP contribution in [0.5, 0.6) is 0 Å². The lowest BCUT2D eigenvalue weighted by molar-refractivity contribution is -0.117. The molecular weight excluding hydrogens is 328 g/mol. The molecule has 128 valence electrons. The van der Waals surface area contributed by atoms with Crippen LogP contribution in [0.3, 0.4) is 0 Å². The summed E-state index contributed by atoms with van der Waals surface area (Å²) in [4.78, 5) is 12.6. The number of halogens is 2. The van der Waals surface area contributed by atoms with Crippen LogP contribution in [0.2, 0.25) is 0 Å². The number of aromatic nitrogens is 4. The molecule has 1 aliphatic rings. The van der Waals surface area contributed by atoms with E-state index in [0.717, 1.165) is 36.6 Å². The number of hydrogen-bond donors (Lipinski definition) is 3. The Morgan fingerprint density at radius 2 is 2.16 bits per heavy atom. The zero-order chi connectivity index (χ0) is 17.4. The third kappa shape index (κ3) is 2.79. The highest BCUT2D eigenvalue weighted by molar-refractivity contribution is 5.95. The Labute approximate surface area is 141 Å². The van der Waals surface area contributed by atoms with E-state index in [9.17, 15) is 13.6 Å². The smallest absolute Gasteiger partial charge is 0.233 e. The molecule has 0 fully saturated rings. The minimum Gasteiger partial charge on any atom is -0.309 e. The van der Waals surface area contributed by atoms with Crippen molar-refractivity contribution in [1.82, 2.24) is 20.4 Å². The molecule has 8 heteroatoms. The van der Waals surface area contributed by atoms with Gasteiger partial charge < -0.3 is 5.32 Å². The summed E-state index contributed by atoms with van der Waals surface area (Å²) in [6.07, 6.45) is 4.18. The van der Waals surface area contributed by atoms with E-state index in [1.54, 1.807) is 6.20 Å².